The molecular formula is C15H24N2O2. The Morgan fingerprint density at radius 3 is 2.53 bits per heavy atom. The number of nitrogens with zero attached hydrogens (tertiary/aromatic N) is 1. The van der Waals surface area contributed by atoms with Crippen molar-refractivity contribution in [3.63, 3.8) is 0 Å². The summed E-state index contributed by atoms with van der Waals surface area (Å²) in [6.45, 7) is 6.88. The Morgan fingerprint density at radius 2 is 1.95 bits per heavy atom. The molecule has 0 unspecified atom stereocenters. The highest BCUT2D eigenvalue weighted by Crippen LogP contribution is 2.12. The first-order chi connectivity index (χ1) is 9.22. The van der Waals surface area contributed by atoms with Crippen LogP contribution in [0.1, 0.15) is 31.4 Å². The minimum absolute atomic E-state index is 0.128. The Balaban J connectivity index is 2.62. The van der Waals surface area contributed by atoms with Crippen LogP contribution in [0, 0.1) is 0 Å². The number of benzene rings is 1. The van der Waals surface area contributed by atoms with Crippen LogP contribution in [0.3, 0.4) is 0 Å². The van der Waals surface area contributed by atoms with Gasteiger partial charge in [-0.25, -0.2) is 0 Å². The average molecular weight is 264 g/mol. The second-order valence-corrected chi connectivity index (χ2v) is 4.33. The molecule has 4 nitrogen and oxygen atoms in total. The van der Waals surface area contributed by atoms with E-state index in [2.05, 4.69) is 0 Å². The van der Waals surface area contributed by atoms with Gasteiger partial charge in [-0.1, -0.05) is 24.3 Å². The van der Waals surface area contributed by atoms with E-state index < -0.39 is 0 Å². The zero-order chi connectivity index (χ0) is 14.1. The molecule has 4 heteroatoms. The van der Waals surface area contributed by atoms with Crippen molar-refractivity contribution in [2.45, 2.75) is 33.4 Å². The maximum atomic E-state index is 12.1. The number of ether oxygens (including phenoxy) is 1. The lowest BCUT2D eigenvalue weighted by Gasteiger charge is -2.22. The predicted octanol–water partition coefficient (Wildman–Crippen LogP) is 1.92. The van der Waals surface area contributed by atoms with Crippen LogP contribution >= 0.6 is 0 Å². The van der Waals surface area contributed by atoms with Crippen molar-refractivity contribution in [3.8, 4) is 0 Å². The third-order valence-electron chi connectivity index (χ3n) is 3.10. The topological polar surface area (TPSA) is 55.6 Å². The van der Waals surface area contributed by atoms with E-state index in [-0.39, 0.29) is 5.91 Å². The Kier molecular flexibility index (Phi) is 7.15. The Morgan fingerprint density at radius 1 is 1.26 bits per heavy atom. The lowest BCUT2D eigenvalue weighted by atomic mass is 10.1. The molecule has 0 atom stereocenters. The summed E-state index contributed by atoms with van der Waals surface area (Å²) < 4.78 is 5.23. The van der Waals surface area contributed by atoms with Gasteiger partial charge in [0, 0.05) is 26.2 Å². The molecule has 1 aromatic rings. The maximum absolute atomic E-state index is 12.1. The SMILES string of the molecule is CCOCCC(=O)N(CC)Cc1ccccc1CN. The smallest absolute Gasteiger partial charge is 0.225 e. The Labute approximate surface area is 115 Å². The Bertz CT molecular complexity index is 393. The lowest BCUT2D eigenvalue weighted by molar-refractivity contribution is -0.132. The molecule has 1 rings (SSSR count). The monoisotopic (exact) mass is 264 g/mol. The molecule has 2 N–H and O–H groups in total. The lowest BCUT2D eigenvalue weighted by Crippen LogP contribution is -2.31. The summed E-state index contributed by atoms with van der Waals surface area (Å²) in [4.78, 5) is 13.9. The van der Waals surface area contributed by atoms with Gasteiger partial charge in [-0.05, 0) is 25.0 Å². The number of carbonyl (C=O) groups is 1. The van der Waals surface area contributed by atoms with E-state index in [1.54, 1.807) is 0 Å². The summed E-state index contributed by atoms with van der Waals surface area (Å²) in [5.41, 5.74) is 7.94. The first kappa shape index (κ1) is 15.7. The van der Waals surface area contributed by atoms with E-state index in [0.717, 1.165) is 11.1 Å². The van der Waals surface area contributed by atoms with Crippen LogP contribution in [0.5, 0.6) is 0 Å². The number of nitrogens with two attached hydrogens (primary N) is 1. The molecule has 0 bridgehead atoms. The van der Waals surface area contributed by atoms with Gasteiger partial charge in [0.05, 0.1) is 13.0 Å². The quantitative estimate of drug-likeness (QED) is 0.730. The van der Waals surface area contributed by atoms with E-state index in [1.165, 1.54) is 0 Å². The summed E-state index contributed by atoms with van der Waals surface area (Å²) in [7, 11) is 0. The molecule has 0 spiro atoms. The van der Waals surface area contributed by atoms with Crippen LogP contribution in [0.4, 0.5) is 0 Å². The van der Waals surface area contributed by atoms with E-state index >= 15 is 0 Å². The second-order valence-electron chi connectivity index (χ2n) is 4.33. The average Bonchev–Trinajstić information content (AvgIpc) is 2.45. The van der Waals surface area contributed by atoms with Crippen molar-refractivity contribution < 1.29 is 9.53 Å². The highest BCUT2D eigenvalue weighted by molar-refractivity contribution is 5.76. The zero-order valence-electron chi connectivity index (χ0n) is 11.9. The molecule has 106 valence electrons. The fourth-order valence-corrected chi connectivity index (χ4v) is 1.95. The van der Waals surface area contributed by atoms with Crippen LogP contribution in [-0.4, -0.2) is 30.6 Å². The van der Waals surface area contributed by atoms with Gasteiger partial charge in [0.2, 0.25) is 5.91 Å². The van der Waals surface area contributed by atoms with E-state index in [9.17, 15) is 4.79 Å². The highest BCUT2D eigenvalue weighted by Gasteiger charge is 2.13. The molecule has 0 aromatic heterocycles. The van der Waals surface area contributed by atoms with Crippen LogP contribution in [0.2, 0.25) is 0 Å². The zero-order valence-corrected chi connectivity index (χ0v) is 11.9. The maximum Gasteiger partial charge on any atom is 0.225 e. The number of hydrogen-bond acceptors (Lipinski definition) is 3. The van der Waals surface area contributed by atoms with Gasteiger partial charge in [-0.3, -0.25) is 4.79 Å². The molecule has 0 saturated heterocycles. The third-order valence-corrected chi connectivity index (χ3v) is 3.10. The van der Waals surface area contributed by atoms with Crippen molar-refractivity contribution in [2.24, 2.45) is 5.73 Å². The summed E-state index contributed by atoms with van der Waals surface area (Å²) >= 11 is 0. The van der Waals surface area contributed by atoms with Crippen LogP contribution in [0.25, 0.3) is 0 Å². The predicted molar refractivity (Wildman–Crippen MR) is 76.5 cm³/mol. The van der Waals surface area contributed by atoms with Crippen LogP contribution in [0.15, 0.2) is 24.3 Å². The molecule has 0 heterocycles. The van der Waals surface area contributed by atoms with Crippen LogP contribution < -0.4 is 5.73 Å². The molecule has 0 aliphatic heterocycles. The summed E-state index contributed by atoms with van der Waals surface area (Å²) in [5, 5.41) is 0. The minimum atomic E-state index is 0.128. The van der Waals surface area contributed by atoms with Gasteiger partial charge < -0.3 is 15.4 Å². The molecule has 1 aromatic carbocycles. The fraction of sp³-hybridized carbons (Fsp3) is 0.533. The third kappa shape index (κ3) is 5.01. The molecular weight excluding hydrogens is 240 g/mol. The number of rotatable bonds is 8. The van der Waals surface area contributed by atoms with Crippen LogP contribution in [-0.2, 0) is 22.6 Å². The fourth-order valence-electron chi connectivity index (χ4n) is 1.95. The molecule has 0 aliphatic rings. The number of carbonyl (C=O) groups excluding carboxylic acids is 1. The van der Waals surface area contributed by atoms with Gasteiger partial charge in [-0.2, -0.15) is 0 Å². The van der Waals surface area contributed by atoms with E-state index in [4.69, 9.17) is 10.5 Å². The summed E-state index contributed by atoms with van der Waals surface area (Å²) in [5.74, 6) is 0.128. The van der Waals surface area contributed by atoms with Crippen molar-refractivity contribution in [1.29, 1.82) is 0 Å². The number of hydrogen-bond donors (Lipinski definition) is 1. The van der Waals surface area contributed by atoms with Gasteiger partial charge >= 0.3 is 0 Å². The van der Waals surface area contributed by atoms with Gasteiger partial charge in [0.1, 0.15) is 0 Å². The normalized spacial score (nSPS) is 10.5. The second kappa shape index (κ2) is 8.67. The first-order valence-corrected chi connectivity index (χ1v) is 6.85. The molecule has 0 fully saturated rings. The van der Waals surface area contributed by atoms with Gasteiger partial charge in [0.15, 0.2) is 0 Å². The summed E-state index contributed by atoms with van der Waals surface area (Å²) in [6, 6.07) is 7.99. The molecule has 0 saturated carbocycles. The molecule has 0 radical (unpaired) electrons. The highest BCUT2D eigenvalue weighted by atomic mass is 16.5. The molecule has 0 aliphatic carbocycles. The minimum Gasteiger partial charge on any atom is -0.381 e. The van der Waals surface area contributed by atoms with Gasteiger partial charge in [0.25, 0.3) is 0 Å². The van der Waals surface area contributed by atoms with E-state index in [1.807, 2.05) is 43.0 Å². The van der Waals surface area contributed by atoms with E-state index in [0.29, 0.717) is 39.3 Å². The van der Waals surface area contributed by atoms with Gasteiger partial charge in [-0.15, -0.1) is 0 Å². The standard InChI is InChI=1S/C15H24N2O2/c1-3-17(15(18)9-10-19-4-2)12-14-8-6-5-7-13(14)11-16/h5-8H,3-4,9-12,16H2,1-2H3. The largest absolute Gasteiger partial charge is 0.381 e. The van der Waals surface area contributed by atoms with Crippen molar-refractivity contribution >= 4 is 5.91 Å². The first-order valence-electron chi connectivity index (χ1n) is 6.85. The molecule has 1 amide bonds. The van der Waals surface area contributed by atoms with Crippen molar-refractivity contribution in [1.82, 2.24) is 4.90 Å². The Hall–Kier alpha value is -1.39. The van der Waals surface area contributed by atoms with Crippen molar-refractivity contribution in [3.05, 3.63) is 35.4 Å². The number of amides is 1. The molecule has 19 heavy (non-hydrogen) atoms. The summed E-state index contributed by atoms with van der Waals surface area (Å²) in [6.07, 6.45) is 0.437. The van der Waals surface area contributed by atoms with Crippen molar-refractivity contribution in [2.75, 3.05) is 19.8 Å².